The zero-order chi connectivity index (χ0) is 23.5. The molecule has 0 spiro atoms. The molecule has 2 aromatic rings. The Morgan fingerprint density at radius 1 is 1.16 bits per heavy atom. The predicted octanol–water partition coefficient (Wildman–Crippen LogP) is 2.80. The number of aromatic nitrogens is 2. The second-order valence-electron chi connectivity index (χ2n) is 8.48. The summed E-state index contributed by atoms with van der Waals surface area (Å²) in [5, 5.41) is 12.7. The first kappa shape index (κ1) is 24.1. The SMILES string of the molecule is Cc1nnc(CC(=O)NC(C(=O)Nc2cc(F)c(S(C)(C)C)c(F)c2)C2CCOCC2)o1. The summed E-state index contributed by atoms with van der Waals surface area (Å²) in [4.78, 5) is 25.6. The third-order valence-electron chi connectivity index (χ3n) is 5.09. The van der Waals surface area contributed by atoms with Crippen molar-refractivity contribution in [2.75, 3.05) is 37.3 Å². The molecule has 0 bridgehead atoms. The van der Waals surface area contributed by atoms with Crippen LogP contribution in [-0.4, -0.2) is 60.0 Å². The van der Waals surface area contributed by atoms with Gasteiger partial charge in [0.1, 0.15) is 24.1 Å². The van der Waals surface area contributed by atoms with E-state index in [0.29, 0.717) is 31.9 Å². The third kappa shape index (κ3) is 6.04. The first-order chi connectivity index (χ1) is 15.0. The molecular weight excluding hydrogens is 442 g/mol. The van der Waals surface area contributed by atoms with Crippen molar-refractivity contribution in [3.63, 3.8) is 0 Å². The van der Waals surface area contributed by atoms with E-state index in [1.54, 1.807) is 25.7 Å². The summed E-state index contributed by atoms with van der Waals surface area (Å²) in [6, 6.07) is 1.31. The first-order valence-electron chi connectivity index (χ1n) is 10.2. The Balaban J connectivity index is 1.77. The molecule has 1 saturated heterocycles. The minimum atomic E-state index is -1.64. The van der Waals surface area contributed by atoms with Gasteiger partial charge < -0.3 is 19.8 Å². The number of amides is 2. The monoisotopic (exact) mass is 470 g/mol. The number of carbonyl (C=O) groups is 2. The molecular formula is C21H28F2N4O4S. The number of rotatable bonds is 7. The van der Waals surface area contributed by atoms with Crippen molar-refractivity contribution in [3.8, 4) is 0 Å². The van der Waals surface area contributed by atoms with Crippen LogP contribution in [0, 0.1) is 24.5 Å². The fourth-order valence-corrected chi connectivity index (χ4v) is 4.94. The number of nitrogens with one attached hydrogen (secondary N) is 2. The highest BCUT2D eigenvalue weighted by Gasteiger charge is 2.32. The highest BCUT2D eigenvalue weighted by molar-refractivity contribution is 8.32. The van der Waals surface area contributed by atoms with Gasteiger partial charge in [-0.1, -0.05) is 0 Å². The average molecular weight is 471 g/mol. The van der Waals surface area contributed by atoms with E-state index in [9.17, 15) is 18.4 Å². The Morgan fingerprint density at radius 3 is 2.31 bits per heavy atom. The van der Waals surface area contributed by atoms with Gasteiger partial charge in [0.15, 0.2) is 0 Å². The second-order valence-corrected chi connectivity index (χ2v) is 12.6. The minimum Gasteiger partial charge on any atom is -0.425 e. The quantitative estimate of drug-likeness (QED) is 0.645. The number of ether oxygens (including phenoxy) is 1. The van der Waals surface area contributed by atoms with Crippen LogP contribution in [0.25, 0.3) is 0 Å². The molecule has 8 nitrogen and oxygen atoms in total. The number of nitrogens with zero attached hydrogens (tertiary/aromatic N) is 2. The highest BCUT2D eigenvalue weighted by Crippen LogP contribution is 2.48. The second kappa shape index (κ2) is 9.95. The molecule has 1 aliphatic rings. The molecule has 0 aliphatic carbocycles. The molecule has 1 aromatic heterocycles. The van der Waals surface area contributed by atoms with Crippen LogP contribution in [-0.2, 0) is 20.7 Å². The fourth-order valence-electron chi connectivity index (χ4n) is 3.65. The molecule has 2 amide bonds. The van der Waals surface area contributed by atoms with Gasteiger partial charge in [0.25, 0.3) is 0 Å². The van der Waals surface area contributed by atoms with Crippen LogP contribution in [0.1, 0.15) is 24.6 Å². The van der Waals surface area contributed by atoms with Gasteiger partial charge in [-0.3, -0.25) is 9.59 Å². The van der Waals surface area contributed by atoms with E-state index >= 15 is 0 Å². The van der Waals surface area contributed by atoms with Crippen LogP contribution >= 0.6 is 10.0 Å². The van der Waals surface area contributed by atoms with E-state index in [1.165, 1.54) is 0 Å². The molecule has 176 valence electrons. The van der Waals surface area contributed by atoms with Gasteiger partial charge in [0, 0.05) is 25.8 Å². The van der Waals surface area contributed by atoms with Crippen molar-refractivity contribution in [2.45, 2.75) is 37.1 Å². The van der Waals surface area contributed by atoms with E-state index < -0.39 is 39.5 Å². The summed E-state index contributed by atoms with van der Waals surface area (Å²) in [7, 11) is -1.64. The van der Waals surface area contributed by atoms with Crippen molar-refractivity contribution in [1.29, 1.82) is 0 Å². The van der Waals surface area contributed by atoms with E-state index in [0.717, 1.165) is 12.1 Å². The zero-order valence-electron chi connectivity index (χ0n) is 18.5. The molecule has 1 aliphatic heterocycles. The number of halogens is 2. The van der Waals surface area contributed by atoms with E-state index in [1.807, 2.05) is 0 Å². The van der Waals surface area contributed by atoms with E-state index in [2.05, 4.69) is 20.8 Å². The molecule has 32 heavy (non-hydrogen) atoms. The number of hydrogen-bond donors (Lipinski definition) is 2. The van der Waals surface area contributed by atoms with Gasteiger partial charge in [0.05, 0.1) is 4.90 Å². The lowest BCUT2D eigenvalue weighted by Crippen LogP contribution is -2.50. The maximum atomic E-state index is 14.6. The van der Waals surface area contributed by atoms with Gasteiger partial charge in [0.2, 0.25) is 23.6 Å². The standard InChI is InChI=1S/C21H28F2N4O4S/c1-12-26-27-18(31-12)11-17(28)25-19(13-5-7-30-8-6-13)21(29)24-14-9-15(22)20(16(23)10-14)32(2,3)4/h9-10,13,19H,5-8,11H2,1-4H3,(H,24,29)(H,25,28). The molecule has 2 N–H and O–H groups in total. The number of aryl methyl sites for hydroxylation is 1. The first-order valence-corrected chi connectivity index (χ1v) is 13.0. The largest absolute Gasteiger partial charge is 0.425 e. The molecule has 3 rings (SSSR count). The summed E-state index contributed by atoms with van der Waals surface area (Å²) >= 11 is 0. The third-order valence-corrected chi connectivity index (χ3v) is 6.71. The molecule has 11 heteroatoms. The minimum absolute atomic E-state index is 0.00349. The molecule has 0 saturated carbocycles. The average Bonchev–Trinajstić information content (AvgIpc) is 3.09. The Morgan fingerprint density at radius 2 is 1.78 bits per heavy atom. The molecule has 1 unspecified atom stereocenters. The van der Waals surface area contributed by atoms with Gasteiger partial charge >= 0.3 is 0 Å². The Labute approximate surface area is 186 Å². The van der Waals surface area contributed by atoms with Gasteiger partial charge in [-0.2, -0.15) is 0 Å². The van der Waals surface area contributed by atoms with Crippen molar-refractivity contribution in [3.05, 3.63) is 35.5 Å². The summed E-state index contributed by atoms with van der Waals surface area (Å²) in [5.74, 6) is -2.16. The molecule has 1 fully saturated rings. The van der Waals surface area contributed by atoms with Gasteiger partial charge in [-0.05, 0) is 49.7 Å². The van der Waals surface area contributed by atoms with Crippen LogP contribution < -0.4 is 10.6 Å². The number of hydrogen-bond acceptors (Lipinski definition) is 6. The van der Waals surface area contributed by atoms with Crippen LogP contribution in [0.3, 0.4) is 0 Å². The van der Waals surface area contributed by atoms with Crippen molar-refractivity contribution in [1.82, 2.24) is 15.5 Å². The molecule has 0 radical (unpaired) electrons. The van der Waals surface area contributed by atoms with Crippen molar-refractivity contribution < 1.29 is 27.5 Å². The maximum absolute atomic E-state index is 14.6. The Hall–Kier alpha value is -2.53. The summed E-state index contributed by atoms with van der Waals surface area (Å²) < 4.78 is 39.7. The van der Waals surface area contributed by atoms with Crippen molar-refractivity contribution >= 4 is 27.5 Å². The lowest BCUT2D eigenvalue weighted by molar-refractivity contribution is -0.128. The Bertz CT molecular complexity index is 963. The summed E-state index contributed by atoms with van der Waals surface area (Å²) in [5.41, 5.74) is -0.00349. The summed E-state index contributed by atoms with van der Waals surface area (Å²) in [6.45, 7) is 2.52. The number of carbonyl (C=O) groups excluding carboxylic acids is 2. The smallest absolute Gasteiger partial charge is 0.247 e. The summed E-state index contributed by atoms with van der Waals surface area (Å²) in [6.07, 6.45) is 6.30. The number of benzene rings is 1. The van der Waals surface area contributed by atoms with Crippen LogP contribution in [0.4, 0.5) is 14.5 Å². The van der Waals surface area contributed by atoms with Crippen molar-refractivity contribution in [2.24, 2.45) is 5.92 Å². The molecule has 1 atom stereocenters. The number of anilines is 1. The van der Waals surface area contributed by atoms with Crippen LogP contribution in [0.5, 0.6) is 0 Å². The fraction of sp³-hybridized carbons (Fsp3) is 0.524. The topological polar surface area (TPSA) is 106 Å². The molecule has 1 aromatic carbocycles. The lowest BCUT2D eigenvalue weighted by atomic mass is 9.91. The van der Waals surface area contributed by atoms with Gasteiger partial charge in [-0.15, -0.1) is 10.2 Å². The maximum Gasteiger partial charge on any atom is 0.247 e. The normalized spacial score (nSPS) is 16.4. The predicted molar refractivity (Wildman–Crippen MR) is 117 cm³/mol. The zero-order valence-corrected chi connectivity index (χ0v) is 19.4. The van der Waals surface area contributed by atoms with Crippen LogP contribution in [0.2, 0.25) is 0 Å². The van der Waals surface area contributed by atoms with E-state index in [4.69, 9.17) is 9.15 Å². The highest BCUT2D eigenvalue weighted by atomic mass is 32.3. The van der Waals surface area contributed by atoms with Crippen LogP contribution in [0.15, 0.2) is 21.4 Å². The molecule has 2 heterocycles. The Kier molecular flexibility index (Phi) is 7.50. The van der Waals surface area contributed by atoms with E-state index in [-0.39, 0.29) is 28.8 Å². The van der Waals surface area contributed by atoms with Gasteiger partial charge in [-0.25, -0.2) is 18.8 Å². The lowest BCUT2D eigenvalue weighted by Gasteiger charge is -2.30.